The number of rotatable bonds is 5. The van der Waals surface area contributed by atoms with Gasteiger partial charge < -0.3 is 9.73 Å². The lowest BCUT2D eigenvalue weighted by atomic mass is 9.93. The minimum absolute atomic E-state index is 0.503. The summed E-state index contributed by atoms with van der Waals surface area (Å²) in [5.74, 6) is 1.77. The third kappa shape index (κ3) is 2.74. The van der Waals surface area contributed by atoms with Crippen LogP contribution in [0.15, 0.2) is 47.1 Å². The molecular formula is C17H21NO. The van der Waals surface area contributed by atoms with Gasteiger partial charge in [-0.1, -0.05) is 31.2 Å². The van der Waals surface area contributed by atoms with Crippen molar-refractivity contribution in [3.05, 3.63) is 59.5 Å². The fourth-order valence-corrected chi connectivity index (χ4v) is 3.19. The highest BCUT2D eigenvalue weighted by atomic mass is 16.3. The van der Waals surface area contributed by atoms with E-state index >= 15 is 0 Å². The number of likely N-dealkylation sites (N-methyl/N-ethyl adjacent to an activating group) is 1. The first kappa shape index (κ1) is 12.5. The molecule has 1 aliphatic rings. The molecule has 0 saturated heterocycles. The summed E-state index contributed by atoms with van der Waals surface area (Å²) in [6, 6.07) is 13.4. The van der Waals surface area contributed by atoms with Crippen LogP contribution in [0.4, 0.5) is 0 Å². The van der Waals surface area contributed by atoms with Crippen LogP contribution in [0.25, 0.3) is 0 Å². The molecular weight excluding hydrogens is 234 g/mol. The second kappa shape index (κ2) is 5.62. The van der Waals surface area contributed by atoms with Gasteiger partial charge in [0.1, 0.15) is 5.76 Å². The minimum atomic E-state index is 0.503. The third-order valence-electron chi connectivity index (χ3n) is 4.12. The maximum Gasteiger partial charge on any atom is 0.105 e. The Kier molecular flexibility index (Phi) is 3.69. The van der Waals surface area contributed by atoms with Crippen molar-refractivity contribution < 1.29 is 4.42 Å². The summed E-state index contributed by atoms with van der Waals surface area (Å²) in [5, 5.41) is 3.64. The van der Waals surface area contributed by atoms with Crippen molar-refractivity contribution in [1.29, 1.82) is 0 Å². The lowest BCUT2D eigenvalue weighted by Gasteiger charge is -2.23. The smallest absolute Gasteiger partial charge is 0.105 e. The number of nitrogens with one attached hydrogen (secondary N) is 1. The van der Waals surface area contributed by atoms with Gasteiger partial charge in [0.05, 0.1) is 6.26 Å². The Morgan fingerprint density at radius 2 is 1.89 bits per heavy atom. The first-order valence-electron chi connectivity index (χ1n) is 7.19. The van der Waals surface area contributed by atoms with Crippen LogP contribution in [0.2, 0.25) is 0 Å². The summed E-state index contributed by atoms with van der Waals surface area (Å²) < 4.78 is 5.51. The molecule has 1 aromatic carbocycles. The van der Waals surface area contributed by atoms with Gasteiger partial charge in [-0.3, -0.25) is 0 Å². The average molecular weight is 255 g/mol. The van der Waals surface area contributed by atoms with Gasteiger partial charge in [0.2, 0.25) is 0 Å². The molecule has 0 bridgehead atoms. The summed E-state index contributed by atoms with van der Waals surface area (Å²) in [6.07, 6.45) is 5.13. The van der Waals surface area contributed by atoms with Crippen LogP contribution in [0.5, 0.6) is 0 Å². The molecule has 1 aromatic heterocycles. The Morgan fingerprint density at radius 1 is 1.16 bits per heavy atom. The zero-order valence-corrected chi connectivity index (χ0v) is 11.4. The van der Waals surface area contributed by atoms with Gasteiger partial charge in [-0.2, -0.15) is 0 Å². The van der Waals surface area contributed by atoms with Crippen LogP contribution in [-0.2, 0) is 19.3 Å². The Balaban J connectivity index is 1.72. The topological polar surface area (TPSA) is 25.2 Å². The first-order chi connectivity index (χ1) is 9.36. The Labute approximate surface area is 114 Å². The molecule has 0 saturated carbocycles. The normalized spacial score (nSPS) is 16.5. The highest BCUT2D eigenvalue weighted by Gasteiger charge is 2.28. The molecule has 3 rings (SSSR count). The van der Waals surface area contributed by atoms with Crippen LogP contribution in [0.3, 0.4) is 0 Å². The molecule has 100 valence electrons. The monoisotopic (exact) mass is 255 g/mol. The van der Waals surface area contributed by atoms with E-state index in [9.17, 15) is 0 Å². The summed E-state index contributed by atoms with van der Waals surface area (Å²) in [4.78, 5) is 0. The van der Waals surface area contributed by atoms with Gasteiger partial charge in [0.25, 0.3) is 0 Å². The maximum absolute atomic E-state index is 5.51. The Morgan fingerprint density at radius 3 is 2.47 bits per heavy atom. The first-order valence-corrected chi connectivity index (χ1v) is 7.19. The molecule has 1 heterocycles. The number of hydrogen-bond donors (Lipinski definition) is 1. The van der Waals surface area contributed by atoms with Crippen molar-refractivity contribution in [2.45, 2.75) is 32.2 Å². The summed E-state index contributed by atoms with van der Waals surface area (Å²) in [6.45, 7) is 3.19. The van der Waals surface area contributed by atoms with Crippen molar-refractivity contribution in [2.24, 2.45) is 5.92 Å². The van der Waals surface area contributed by atoms with Crippen molar-refractivity contribution in [2.75, 3.05) is 6.54 Å². The SMILES string of the molecule is CCNC(Cc1ccco1)C1Cc2ccccc2C1. The number of benzene rings is 1. The van der Waals surface area contributed by atoms with Gasteiger partial charge in [-0.25, -0.2) is 0 Å². The van der Waals surface area contributed by atoms with Gasteiger partial charge in [-0.15, -0.1) is 0 Å². The lowest BCUT2D eigenvalue weighted by molar-refractivity contribution is 0.345. The van der Waals surface area contributed by atoms with Gasteiger partial charge in [0.15, 0.2) is 0 Å². The molecule has 2 aromatic rings. The van der Waals surface area contributed by atoms with Crippen molar-refractivity contribution in [3.63, 3.8) is 0 Å². The predicted octanol–water partition coefficient (Wildman–Crippen LogP) is 3.22. The summed E-state index contributed by atoms with van der Waals surface area (Å²) in [5.41, 5.74) is 3.05. The zero-order valence-electron chi connectivity index (χ0n) is 11.4. The molecule has 0 spiro atoms. The van der Waals surface area contributed by atoms with Crippen LogP contribution in [0, 0.1) is 5.92 Å². The van der Waals surface area contributed by atoms with Gasteiger partial charge in [-0.05, 0) is 48.6 Å². The molecule has 0 radical (unpaired) electrons. The van der Waals surface area contributed by atoms with Gasteiger partial charge in [0, 0.05) is 12.5 Å². The minimum Gasteiger partial charge on any atom is -0.469 e. The Hall–Kier alpha value is -1.54. The molecule has 1 N–H and O–H groups in total. The molecule has 2 heteroatoms. The van der Waals surface area contributed by atoms with E-state index in [0.29, 0.717) is 12.0 Å². The maximum atomic E-state index is 5.51. The van der Waals surface area contributed by atoms with E-state index in [1.165, 1.54) is 24.0 Å². The Bertz CT molecular complexity index is 493. The largest absolute Gasteiger partial charge is 0.469 e. The second-order valence-corrected chi connectivity index (χ2v) is 5.38. The van der Waals surface area contributed by atoms with E-state index in [2.05, 4.69) is 42.6 Å². The predicted molar refractivity (Wildman–Crippen MR) is 77.2 cm³/mol. The quantitative estimate of drug-likeness (QED) is 0.887. The fraction of sp³-hybridized carbons (Fsp3) is 0.412. The van der Waals surface area contributed by atoms with E-state index in [0.717, 1.165) is 18.7 Å². The summed E-state index contributed by atoms with van der Waals surface area (Å²) in [7, 11) is 0. The highest BCUT2D eigenvalue weighted by molar-refractivity contribution is 5.32. The molecule has 0 fully saturated rings. The van der Waals surface area contributed by atoms with Gasteiger partial charge >= 0.3 is 0 Å². The van der Waals surface area contributed by atoms with E-state index in [-0.39, 0.29) is 0 Å². The molecule has 0 aliphatic heterocycles. The standard InChI is InChI=1S/C17H21NO/c1-2-18-17(12-16-8-5-9-19-16)15-10-13-6-3-4-7-14(13)11-15/h3-9,15,17-18H,2,10-12H2,1H3. The van der Waals surface area contributed by atoms with E-state index < -0.39 is 0 Å². The van der Waals surface area contributed by atoms with Crippen molar-refractivity contribution in [1.82, 2.24) is 5.32 Å². The molecule has 1 unspecified atom stereocenters. The van der Waals surface area contributed by atoms with Crippen molar-refractivity contribution in [3.8, 4) is 0 Å². The van der Waals surface area contributed by atoms with Crippen molar-refractivity contribution >= 4 is 0 Å². The summed E-state index contributed by atoms with van der Waals surface area (Å²) >= 11 is 0. The molecule has 1 atom stereocenters. The van der Waals surface area contributed by atoms with Crippen LogP contribution >= 0.6 is 0 Å². The number of hydrogen-bond acceptors (Lipinski definition) is 2. The van der Waals surface area contributed by atoms with E-state index in [1.807, 2.05) is 6.07 Å². The van der Waals surface area contributed by atoms with E-state index in [4.69, 9.17) is 4.42 Å². The molecule has 19 heavy (non-hydrogen) atoms. The lowest BCUT2D eigenvalue weighted by Crippen LogP contribution is -2.38. The molecule has 0 amide bonds. The molecule has 1 aliphatic carbocycles. The second-order valence-electron chi connectivity index (χ2n) is 5.38. The van der Waals surface area contributed by atoms with Crippen LogP contribution in [0.1, 0.15) is 23.8 Å². The fourth-order valence-electron chi connectivity index (χ4n) is 3.19. The van der Waals surface area contributed by atoms with Crippen LogP contribution < -0.4 is 5.32 Å². The zero-order chi connectivity index (χ0) is 13.1. The third-order valence-corrected chi connectivity index (χ3v) is 4.12. The van der Waals surface area contributed by atoms with Crippen LogP contribution in [-0.4, -0.2) is 12.6 Å². The highest BCUT2D eigenvalue weighted by Crippen LogP contribution is 2.29. The molecule has 2 nitrogen and oxygen atoms in total. The average Bonchev–Trinajstić information content (AvgIpc) is 3.06. The number of fused-ring (bicyclic) bond motifs is 1. The van der Waals surface area contributed by atoms with E-state index in [1.54, 1.807) is 6.26 Å². The number of furan rings is 1.